The molecule has 0 aliphatic rings. The smallest absolute Gasteiger partial charge is 0.110 e. The Morgan fingerprint density at radius 1 is 0.577 bits per heavy atom. The van der Waals surface area contributed by atoms with Gasteiger partial charge in [0.15, 0.2) is 0 Å². The monoisotopic (exact) mass is 456 g/mol. The highest BCUT2D eigenvalue weighted by molar-refractivity contribution is 7.83. The number of nitrogens with zero attached hydrogens (tertiary/aromatic N) is 2. The molecule has 8 heteroatoms. The largest absolute Gasteiger partial charge is 0.344 e. The third-order valence-corrected chi connectivity index (χ3v) is 6.21. The van der Waals surface area contributed by atoms with Crippen molar-refractivity contribution in [3.63, 3.8) is 0 Å². The number of hydrogen-bond acceptors (Lipinski definition) is 6. The molecule has 26 heavy (non-hydrogen) atoms. The van der Waals surface area contributed by atoms with E-state index in [0.717, 1.165) is 32.2 Å². The Hall–Kier alpha value is -0.380. The molecule has 0 saturated carbocycles. The van der Waals surface area contributed by atoms with Crippen molar-refractivity contribution in [3.05, 3.63) is 59.7 Å². The molecule has 0 aliphatic carbocycles. The Morgan fingerprint density at radius 3 is 1.08 bits per heavy atom. The van der Waals surface area contributed by atoms with Gasteiger partial charge >= 0.3 is 0 Å². The fraction of sp³-hybridized carbons (Fsp3) is 0.222. The van der Waals surface area contributed by atoms with Gasteiger partial charge < -0.3 is 9.80 Å². The first-order valence-corrected chi connectivity index (χ1v) is 11.1. The zero-order valence-corrected chi connectivity index (χ0v) is 19.2. The Balaban J connectivity index is 2.17. The van der Waals surface area contributed by atoms with Crippen molar-refractivity contribution in [2.75, 3.05) is 23.5 Å². The zero-order valence-electron chi connectivity index (χ0n) is 13.9. The Morgan fingerprint density at radius 2 is 0.846 bits per heavy atom. The summed E-state index contributed by atoms with van der Waals surface area (Å²) in [6, 6.07) is 16.4. The second kappa shape index (κ2) is 10.8. The molecule has 0 bridgehead atoms. The molecule has 0 saturated heterocycles. The van der Waals surface area contributed by atoms with Gasteiger partial charge in [0.2, 0.25) is 0 Å². The molecule has 0 spiro atoms. The first-order valence-electron chi connectivity index (χ1n) is 7.78. The molecule has 0 unspecified atom stereocenters. The summed E-state index contributed by atoms with van der Waals surface area (Å²) in [5, 5.41) is 0. The molecule has 0 N–H and O–H groups in total. The van der Waals surface area contributed by atoms with Gasteiger partial charge in [-0.15, -0.1) is 0 Å². The van der Waals surface area contributed by atoms with Crippen LogP contribution in [-0.4, -0.2) is 43.3 Å². The van der Waals surface area contributed by atoms with E-state index in [0.29, 0.717) is 23.5 Å². The van der Waals surface area contributed by atoms with Gasteiger partial charge in [-0.25, -0.2) is 0 Å². The second-order valence-electron chi connectivity index (χ2n) is 5.41. The SMILES string of the molecule is S=C(c1ccc(-c2ccc(C(=S)N(CS)CS)cc2)cc1)N(CS)CS. The summed E-state index contributed by atoms with van der Waals surface area (Å²) in [6.07, 6.45) is 0. The van der Waals surface area contributed by atoms with Crippen molar-refractivity contribution in [1.29, 1.82) is 0 Å². The Bertz CT molecular complexity index is 672. The van der Waals surface area contributed by atoms with E-state index < -0.39 is 0 Å². The molecule has 0 aliphatic heterocycles. The van der Waals surface area contributed by atoms with Gasteiger partial charge in [-0.05, 0) is 11.1 Å². The van der Waals surface area contributed by atoms with E-state index in [1.165, 1.54) is 0 Å². The van der Waals surface area contributed by atoms with Crippen molar-refractivity contribution >= 4 is 84.9 Å². The molecule has 0 amide bonds. The van der Waals surface area contributed by atoms with Gasteiger partial charge in [-0.1, -0.05) is 73.0 Å². The molecule has 0 aromatic heterocycles. The highest BCUT2D eigenvalue weighted by Crippen LogP contribution is 2.22. The molecular formula is C18H20N2S6. The Kier molecular flexibility index (Phi) is 9.12. The van der Waals surface area contributed by atoms with Crippen LogP contribution >= 0.6 is 75.0 Å². The summed E-state index contributed by atoms with van der Waals surface area (Å²) in [4.78, 5) is 5.34. The maximum absolute atomic E-state index is 5.49. The number of benzene rings is 2. The van der Waals surface area contributed by atoms with Gasteiger partial charge in [0.05, 0.1) is 23.5 Å². The van der Waals surface area contributed by atoms with E-state index in [4.69, 9.17) is 24.4 Å². The van der Waals surface area contributed by atoms with Crippen LogP contribution in [0.2, 0.25) is 0 Å². The molecule has 2 rings (SSSR count). The molecular weight excluding hydrogens is 437 g/mol. The lowest BCUT2D eigenvalue weighted by atomic mass is 10.0. The van der Waals surface area contributed by atoms with E-state index in [9.17, 15) is 0 Å². The number of thiol groups is 4. The molecule has 138 valence electrons. The number of rotatable bonds is 7. The minimum Gasteiger partial charge on any atom is -0.344 e. The Labute approximate surface area is 188 Å². The summed E-state index contributed by atoms with van der Waals surface area (Å²) in [5.74, 6) is 2.17. The second-order valence-corrected chi connectivity index (χ2v) is 7.32. The first-order chi connectivity index (χ1) is 12.5. The fourth-order valence-corrected chi connectivity index (χ4v) is 4.52. The summed E-state index contributed by atoms with van der Waals surface area (Å²) >= 11 is 28.1. The average molecular weight is 457 g/mol. The summed E-state index contributed by atoms with van der Waals surface area (Å²) in [6.45, 7) is 0. The number of thiocarbonyl (C=S) groups is 2. The van der Waals surface area contributed by atoms with Crippen molar-refractivity contribution in [1.82, 2.24) is 9.80 Å². The van der Waals surface area contributed by atoms with E-state index in [-0.39, 0.29) is 0 Å². The predicted octanol–water partition coefficient (Wildman–Crippen LogP) is 4.86. The predicted molar refractivity (Wildman–Crippen MR) is 134 cm³/mol. The van der Waals surface area contributed by atoms with E-state index in [2.05, 4.69) is 74.8 Å². The van der Waals surface area contributed by atoms with Crippen LogP contribution in [-0.2, 0) is 0 Å². The van der Waals surface area contributed by atoms with Crippen LogP contribution in [0.1, 0.15) is 11.1 Å². The van der Waals surface area contributed by atoms with Gasteiger partial charge in [-0.3, -0.25) is 0 Å². The molecule has 0 fully saturated rings. The highest BCUT2D eigenvalue weighted by atomic mass is 32.1. The van der Waals surface area contributed by atoms with Crippen LogP contribution in [0.4, 0.5) is 0 Å². The van der Waals surface area contributed by atoms with Crippen LogP contribution < -0.4 is 0 Å². The van der Waals surface area contributed by atoms with E-state index >= 15 is 0 Å². The van der Waals surface area contributed by atoms with Crippen molar-refractivity contribution < 1.29 is 0 Å². The molecule has 2 aromatic carbocycles. The zero-order chi connectivity index (χ0) is 19.1. The first kappa shape index (κ1) is 21.9. The van der Waals surface area contributed by atoms with Gasteiger partial charge in [0.1, 0.15) is 9.98 Å². The van der Waals surface area contributed by atoms with E-state index in [1.807, 2.05) is 34.1 Å². The minimum absolute atomic E-state index is 0.543. The van der Waals surface area contributed by atoms with Crippen LogP contribution in [0.25, 0.3) is 11.1 Å². The molecule has 0 atom stereocenters. The molecule has 0 heterocycles. The van der Waals surface area contributed by atoms with Crippen molar-refractivity contribution in [3.8, 4) is 11.1 Å². The lowest BCUT2D eigenvalue weighted by Crippen LogP contribution is -2.27. The molecule has 2 aromatic rings. The summed E-state index contributed by atoms with van der Waals surface area (Å²) in [7, 11) is 0. The van der Waals surface area contributed by atoms with Crippen LogP contribution in [0, 0.1) is 0 Å². The topological polar surface area (TPSA) is 6.48 Å². The third kappa shape index (κ3) is 5.33. The van der Waals surface area contributed by atoms with Crippen molar-refractivity contribution in [2.24, 2.45) is 0 Å². The quantitative estimate of drug-likeness (QED) is 0.268. The standard InChI is InChI=1S/C18H20N2S6/c21-9-19(10-22)17(25)15-5-1-13(2-6-15)14-3-7-16(8-4-14)18(26)20(11-23)12-24/h1-8,21-24H,9-12H2. The molecule has 0 radical (unpaired) electrons. The maximum Gasteiger partial charge on any atom is 0.110 e. The van der Waals surface area contributed by atoms with Crippen LogP contribution in [0.5, 0.6) is 0 Å². The maximum atomic E-state index is 5.49. The summed E-state index contributed by atoms with van der Waals surface area (Å²) < 4.78 is 0. The lowest BCUT2D eigenvalue weighted by molar-refractivity contribution is 0.593. The van der Waals surface area contributed by atoms with Crippen LogP contribution in [0.15, 0.2) is 48.5 Å². The van der Waals surface area contributed by atoms with Gasteiger partial charge in [-0.2, -0.15) is 50.5 Å². The van der Waals surface area contributed by atoms with Gasteiger partial charge in [0, 0.05) is 11.1 Å². The third-order valence-electron chi connectivity index (χ3n) is 3.85. The molecule has 2 nitrogen and oxygen atoms in total. The van der Waals surface area contributed by atoms with Crippen LogP contribution in [0.3, 0.4) is 0 Å². The summed E-state index contributed by atoms with van der Waals surface area (Å²) in [5.41, 5.74) is 4.22. The average Bonchev–Trinajstić information content (AvgIpc) is 2.70. The minimum atomic E-state index is 0.543. The fourth-order valence-electron chi connectivity index (χ4n) is 2.32. The lowest BCUT2D eigenvalue weighted by Gasteiger charge is -2.21. The van der Waals surface area contributed by atoms with E-state index in [1.54, 1.807) is 0 Å². The van der Waals surface area contributed by atoms with Gasteiger partial charge in [0.25, 0.3) is 0 Å². The highest BCUT2D eigenvalue weighted by Gasteiger charge is 2.10. The number of hydrogen-bond donors (Lipinski definition) is 4. The normalized spacial score (nSPS) is 10.5. The van der Waals surface area contributed by atoms with Crippen molar-refractivity contribution in [2.45, 2.75) is 0 Å².